The summed E-state index contributed by atoms with van der Waals surface area (Å²) in [6, 6.07) is 16.0. The fourth-order valence-corrected chi connectivity index (χ4v) is 2.68. The fourth-order valence-electron chi connectivity index (χ4n) is 2.68. The fraction of sp³-hybridized carbons (Fsp3) is 0.0556. The van der Waals surface area contributed by atoms with Crippen LogP contribution < -0.4 is 5.73 Å². The topological polar surface area (TPSA) is 69.6 Å². The number of aromatic nitrogens is 4. The molecule has 0 radical (unpaired) electrons. The molecule has 0 unspecified atom stereocenters. The molecule has 0 spiro atoms. The van der Waals surface area contributed by atoms with E-state index in [1.807, 2.05) is 54.1 Å². The van der Waals surface area contributed by atoms with Crippen LogP contribution in [-0.4, -0.2) is 19.5 Å². The first-order valence-corrected chi connectivity index (χ1v) is 7.32. The Morgan fingerprint density at radius 1 is 0.913 bits per heavy atom. The Labute approximate surface area is 133 Å². The molecular weight excluding hydrogens is 286 g/mol. The normalized spacial score (nSPS) is 11.0. The van der Waals surface area contributed by atoms with E-state index < -0.39 is 0 Å². The Kier molecular flexibility index (Phi) is 3.05. The number of nitrogens with two attached hydrogens (primary N) is 1. The molecule has 2 aromatic carbocycles. The molecule has 2 heterocycles. The van der Waals surface area contributed by atoms with Gasteiger partial charge in [0.05, 0.1) is 34.9 Å². The van der Waals surface area contributed by atoms with Gasteiger partial charge in [-0.1, -0.05) is 36.4 Å². The Morgan fingerprint density at radius 3 is 2.57 bits per heavy atom. The number of hydrogen-bond donors (Lipinski definition) is 1. The van der Waals surface area contributed by atoms with Crippen molar-refractivity contribution in [2.75, 3.05) is 5.73 Å². The van der Waals surface area contributed by atoms with Crippen molar-refractivity contribution in [3.8, 4) is 22.5 Å². The maximum Gasteiger partial charge on any atom is 0.142 e. The summed E-state index contributed by atoms with van der Waals surface area (Å²) in [5.74, 6) is 0.411. The van der Waals surface area contributed by atoms with Crippen LogP contribution in [0.2, 0.25) is 0 Å². The second-order valence-corrected chi connectivity index (χ2v) is 5.42. The van der Waals surface area contributed by atoms with Crippen LogP contribution in [0.25, 0.3) is 33.5 Å². The molecular formula is C18H15N5. The Bertz CT molecular complexity index is 989. The molecule has 0 saturated carbocycles. The van der Waals surface area contributed by atoms with Gasteiger partial charge in [0.15, 0.2) is 0 Å². The van der Waals surface area contributed by atoms with E-state index in [2.05, 4.69) is 21.0 Å². The van der Waals surface area contributed by atoms with E-state index in [-0.39, 0.29) is 0 Å². The zero-order chi connectivity index (χ0) is 15.8. The molecule has 0 atom stereocenters. The highest BCUT2D eigenvalue weighted by atomic mass is 15.0. The van der Waals surface area contributed by atoms with Crippen LogP contribution >= 0.6 is 0 Å². The lowest BCUT2D eigenvalue weighted by Gasteiger charge is -2.09. The summed E-state index contributed by atoms with van der Waals surface area (Å²) in [5.41, 5.74) is 11.5. The van der Waals surface area contributed by atoms with E-state index in [4.69, 9.17) is 5.73 Å². The lowest BCUT2D eigenvalue weighted by molar-refractivity contribution is 0.948. The van der Waals surface area contributed by atoms with Crippen molar-refractivity contribution < 1.29 is 0 Å². The first-order chi connectivity index (χ1) is 11.2. The van der Waals surface area contributed by atoms with Crippen molar-refractivity contribution in [2.24, 2.45) is 7.05 Å². The largest absolute Gasteiger partial charge is 0.382 e. The molecule has 0 saturated heterocycles. The van der Waals surface area contributed by atoms with Crippen LogP contribution in [0.3, 0.4) is 0 Å². The summed E-state index contributed by atoms with van der Waals surface area (Å²) in [4.78, 5) is 13.4. The van der Waals surface area contributed by atoms with Gasteiger partial charge in [-0.25, -0.2) is 9.97 Å². The van der Waals surface area contributed by atoms with Crippen LogP contribution in [-0.2, 0) is 7.05 Å². The third kappa shape index (κ3) is 2.32. The molecule has 2 aromatic heterocycles. The second kappa shape index (κ2) is 5.21. The molecule has 0 amide bonds. The van der Waals surface area contributed by atoms with Gasteiger partial charge in [0.2, 0.25) is 0 Å². The number of fused-ring (bicyclic) bond motifs is 1. The average molecular weight is 301 g/mol. The molecule has 0 aliphatic heterocycles. The molecule has 0 aliphatic carbocycles. The summed E-state index contributed by atoms with van der Waals surface area (Å²) in [6.07, 6.45) is 3.40. The van der Waals surface area contributed by atoms with Crippen molar-refractivity contribution in [1.29, 1.82) is 0 Å². The summed E-state index contributed by atoms with van der Waals surface area (Å²) in [6.45, 7) is 0. The van der Waals surface area contributed by atoms with E-state index in [0.29, 0.717) is 5.82 Å². The van der Waals surface area contributed by atoms with Crippen LogP contribution in [0, 0.1) is 0 Å². The summed E-state index contributed by atoms with van der Waals surface area (Å²) >= 11 is 0. The number of hydrogen-bond acceptors (Lipinski definition) is 4. The zero-order valence-corrected chi connectivity index (χ0v) is 12.6. The molecule has 5 heteroatoms. The zero-order valence-electron chi connectivity index (χ0n) is 12.6. The monoisotopic (exact) mass is 301 g/mol. The van der Waals surface area contributed by atoms with Gasteiger partial charge in [0.25, 0.3) is 0 Å². The van der Waals surface area contributed by atoms with E-state index >= 15 is 0 Å². The lowest BCUT2D eigenvalue weighted by Crippen LogP contribution is -1.98. The van der Waals surface area contributed by atoms with Crippen LogP contribution in [0.15, 0.2) is 61.1 Å². The maximum atomic E-state index is 5.85. The minimum absolute atomic E-state index is 0.411. The van der Waals surface area contributed by atoms with Gasteiger partial charge >= 0.3 is 0 Å². The van der Waals surface area contributed by atoms with E-state index in [1.54, 1.807) is 12.5 Å². The van der Waals surface area contributed by atoms with Gasteiger partial charge in [0.1, 0.15) is 5.82 Å². The first kappa shape index (κ1) is 13.5. The smallest absolute Gasteiger partial charge is 0.142 e. The van der Waals surface area contributed by atoms with Gasteiger partial charge in [0, 0.05) is 18.2 Å². The Morgan fingerprint density at radius 2 is 1.74 bits per heavy atom. The van der Waals surface area contributed by atoms with Crippen molar-refractivity contribution in [2.45, 2.75) is 0 Å². The van der Waals surface area contributed by atoms with Gasteiger partial charge in [-0.15, -0.1) is 0 Å². The number of rotatable bonds is 2. The SMILES string of the molecule is Cn1cnc2ccc(-c3ncc(N)nc3-c3ccccc3)cc21. The van der Waals surface area contributed by atoms with Gasteiger partial charge in [-0.3, -0.25) is 4.98 Å². The number of benzene rings is 2. The first-order valence-electron chi connectivity index (χ1n) is 7.32. The van der Waals surface area contributed by atoms with E-state index in [9.17, 15) is 0 Å². The second-order valence-electron chi connectivity index (χ2n) is 5.42. The lowest BCUT2D eigenvalue weighted by atomic mass is 10.0. The molecule has 5 nitrogen and oxygen atoms in total. The third-order valence-corrected chi connectivity index (χ3v) is 3.84. The molecule has 0 bridgehead atoms. The number of aryl methyl sites for hydroxylation is 1. The highest BCUT2D eigenvalue weighted by Crippen LogP contribution is 2.30. The molecule has 0 fully saturated rings. The number of anilines is 1. The van der Waals surface area contributed by atoms with Gasteiger partial charge < -0.3 is 10.3 Å². The summed E-state index contributed by atoms with van der Waals surface area (Å²) in [7, 11) is 1.98. The predicted molar refractivity (Wildman–Crippen MR) is 91.6 cm³/mol. The van der Waals surface area contributed by atoms with Crippen LogP contribution in [0.5, 0.6) is 0 Å². The molecule has 112 valence electrons. The molecule has 0 aliphatic rings. The molecule has 2 N–H and O–H groups in total. The number of nitrogens with zero attached hydrogens (tertiary/aromatic N) is 4. The third-order valence-electron chi connectivity index (χ3n) is 3.84. The quantitative estimate of drug-likeness (QED) is 0.617. The molecule has 23 heavy (non-hydrogen) atoms. The maximum absolute atomic E-state index is 5.85. The predicted octanol–water partition coefficient (Wildman–Crippen LogP) is 3.28. The van der Waals surface area contributed by atoms with Crippen LogP contribution in [0.4, 0.5) is 5.82 Å². The average Bonchev–Trinajstić information content (AvgIpc) is 2.96. The Hall–Kier alpha value is -3.21. The van der Waals surface area contributed by atoms with Crippen molar-refractivity contribution in [3.05, 3.63) is 61.1 Å². The van der Waals surface area contributed by atoms with Crippen LogP contribution in [0.1, 0.15) is 0 Å². The van der Waals surface area contributed by atoms with Crippen molar-refractivity contribution in [1.82, 2.24) is 19.5 Å². The highest BCUT2D eigenvalue weighted by molar-refractivity contribution is 5.85. The standard InChI is InChI=1S/C18H15N5/c1-23-11-21-14-8-7-13(9-15(14)23)17-18(22-16(19)10-20-17)12-5-3-2-4-6-12/h2-11H,1H3,(H2,19,22). The van der Waals surface area contributed by atoms with Gasteiger partial charge in [-0.05, 0) is 12.1 Å². The van der Waals surface area contributed by atoms with Crippen molar-refractivity contribution >= 4 is 16.9 Å². The molecule has 4 aromatic rings. The summed E-state index contributed by atoms with van der Waals surface area (Å²) in [5, 5.41) is 0. The number of imidazole rings is 1. The highest BCUT2D eigenvalue weighted by Gasteiger charge is 2.12. The number of nitrogen functional groups attached to an aromatic ring is 1. The van der Waals surface area contributed by atoms with E-state index in [0.717, 1.165) is 33.5 Å². The molecule has 4 rings (SSSR count). The van der Waals surface area contributed by atoms with E-state index in [1.165, 1.54) is 0 Å². The van der Waals surface area contributed by atoms with Crippen molar-refractivity contribution in [3.63, 3.8) is 0 Å². The minimum atomic E-state index is 0.411. The summed E-state index contributed by atoms with van der Waals surface area (Å²) < 4.78 is 1.99. The minimum Gasteiger partial charge on any atom is -0.382 e. The Balaban J connectivity index is 1.95. The van der Waals surface area contributed by atoms with Gasteiger partial charge in [-0.2, -0.15) is 0 Å².